The van der Waals surface area contributed by atoms with Crippen LogP contribution in [0.2, 0.25) is 0 Å². The molecule has 0 bridgehead atoms. The quantitative estimate of drug-likeness (QED) is 0.784. The van der Waals surface area contributed by atoms with Crippen molar-refractivity contribution in [3.63, 3.8) is 0 Å². The summed E-state index contributed by atoms with van der Waals surface area (Å²) in [5.74, 6) is 0.257. The highest BCUT2D eigenvalue weighted by Crippen LogP contribution is 2.13. The molecule has 1 amide bonds. The van der Waals surface area contributed by atoms with Crippen molar-refractivity contribution in [1.29, 1.82) is 0 Å². The van der Waals surface area contributed by atoms with E-state index in [-0.39, 0.29) is 11.8 Å². The van der Waals surface area contributed by atoms with Gasteiger partial charge in [-0.3, -0.25) is 4.79 Å². The summed E-state index contributed by atoms with van der Waals surface area (Å²) >= 11 is 0. The lowest BCUT2D eigenvalue weighted by Gasteiger charge is -2.18. The summed E-state index contributed by atoms with van der Waals surface area (Å²) in [4.78, 5) is 23.9. The van der Waals surface area contributed by atoms with Gasteiger partial charge in [0.05, 0.1) is 13.7 Å². The molecule has 0 radical (unpaired) electrons. The van der Waals surface area contributed by atoms with Crippen LogP contribution < -0.4 is 10.1 Å². The standard InChI is InChI=1S/C16H23NO4/c1-5-21-13-8-6-12(7-9-13)15(18)17-14(10-11(2)3)16(19)20-4/h6-9,11,14H,5,10H2,1-4H3,(H,17,18). The van der Waals surface area contributed by atoms with E-state index in [0.717, 1.165) is 0 Å². The maximum absolute atomic E-state index is 12.2. The number of rotatable bonds is 7. The smallest absolute Gasteiger partial charge is 0.328 e. The number of benzene rings is 1. The molecule has 0 saturated heterocycles. The first kappa shape index (κ1) is 17.0. The molecular weight excluding hydrogens is 270 g/mol. The Morgan fingerprint density at radius 2 is 1.81 bits per heavy atom. The van der Waals surface area contributed by atoms with Gasteiger partial charge in [-0.15, -0.1) is 0 Å². The van der Waals surface area contributed by atoms with Crippen molar-refractivity contribution in [3.8, 4) is 5.75 Å². The lowest BCUT2D eigenvalue weighted by molar-refractivity contribution is -0.143. The molecule has 0 aliphatic rings. The van der Waals surface area contributed by atoms with Crippen LogP contribution in [0.25, 0.3) is 0 Å². The van der Waals surface area contributed by atoms with Gasteiger partial charge in [-0.2, -0.15) is 0 Å². The molecule has 1 atom stereocenters. The van der Waals surface area contributed by atoms with E-state index in [9.17, 15) is 9.59 Å². The predicted octanol–water partition coefficient (Wildman–Crippen LogP) is 2.40. The van der Waals surface area contributed by atoms with E-state index in [0.29, 0.717) is 24.3 Å². The van der Waals surface area contributed by atoms with Crippen LogP contribution in [0, 0.1) is 5.92 Å². The molecule has 0 spiro atoms. The van der Waals surface area contributed by atoms with Gasteiger partial charge in [-0.05, 0) is 43.5 Å². The molecule has 5 heteroatoms. The molecule has 0 saturated carbocycles. The van der Waals surface area contributed by atoms with E-state index >= 15 is 0 Å². The first-order valence-corrected chi connectivity index (χ1v) is 7.09. The number of ether oxygens (including phenoxy) is 2. The molecule has 1 unspecified atom stereocenters. The summed E-state index contributed by atoms with van der Waals surface area (Å²) in [6.45, 7) is 6.44. The van der Waals surface area contributed by atoms with Crippen LogP contribution in [0.5, 0.6) is 5.75 Å². The Morgan fingerprint density at radius 3 is 2.29 bits per heavy atom. The number of nitrogens with one attached hydrogen (secondary N) is 1. The van der Waals surface area contributed by atoms with E-state index in [4.69, 9.17) is 9.47 Å². The third-order valence-electron chi connectivity index (χ3n) is 2.93. The van der Waals surface area contributed by atoms with Crippen molar-refractivity contribution in [2.75, 3.05) is 13.7 Å². The molecule has 0 aromatic heterocycles. The Kier molecular flexibility index (Phi) is 6.72. The van der Waals surface area contributed by atoms with Gasteiger partial charge in [0.25, 0.3) is 5.91 Å². The molecular formula is C16H23NO4. The van der Waals surface area contributed by atoms with Crippen LogP contribution in [0.15, 0.2) is 24.3 Å². The maximum atomic E-state index is 12.2. The van der Waals surface area contributed by atoms with Crippen molar-refractivity contribution >= 4 is 11.9 Å². The summed E-state index contributed by atoms with van der Waals surface area (Å²) in [6.07, 6.45) is 0.537. The van der Waals surface area contributed by atoms with Gasteiger partial charge in [-0.25, -0.2) is 4.79 Å². The summed E-state index contributed by atoms with van der Waals surface area (Å²) in [6, 6.07) is 6.17. The lowest BCUT2D eigenvalue weighted by Crippen LogP contribution is -2.42. The highest BCUT2D eigenvalue weighted by atomic mass is 16.5. The van der Waals surface area contributed by atoms with E-state index < -0.39 is 12.0 Å². The first-order chi connectivity index (χ1) is 9.97. The van der Waals surface area contributed by atoms with Gasteiger partial charge < -0.3 is 14.8 Å². The normalized spacial score (nSPS) is 11.9. The van der Waals surface area contributed by atoms with Crippen LogP contribution in [0.1, 0.15) is 37.6 Å². The Balaban J connectivity index is 2.74. The van der Waals surface area contributed by atoms with Crippen molar-refractivity contribution in [2.45, 2.75) is 33.2 Å². The van der Waals surface area contributed by atoms with Gasteiger partial charge in [-0.1, -0.05) is 13.8 Å². The SMILES string of the molecule is CCOc1ccc(C(=O)NC(CC(C)C)C(=O)OC)cc1. The molecule has 0 fully saturated rings. The summed E-state index contributed by atoms with van der Waals surface area (Å²) in [5.41, 5.74) is 0.483. The number of hydrogen-bond donors (Lipinski definition) is 1. The van der Waals surface area contributed by atoms with E-state index in [1.807, 2.05) is 20.8 Å². The summed E-state index contributed by atoms with van der Waals surface area (Å²) in [7, 11) is 1.32. The molecule has 21 heavy (non-hydrogen) atoms. The first-order valence-electron chi connectivity index (χ1n) is 7.09. The Hall–Kier alpha value is -2.04. The topological polar surface area (TPSA) is 64.6 Å². The van der Waals surface area contributed by atoms with Crippen molar-refractivity contribution in [3.05, 3.63) is 29.8 Å². The zero-order valence-corrected chi connectivity index (χ0v) is 13.0. The molecule has 1 aromatic rings. The molecule has 0 heterocycles. The molecule has 116 valence electrons. The molecule has 1 rings (SSSR count). The van der Waals surface area contributed by atoms with Gasteiger partial charge in [0.15, 0.2) is 0 Å². The number of amides is 1. The van der Waals surface area contributed by atoms with Crippen LogP contribution in [-0.4, -0.2) is 31.6 Å². The number of methoxy groups -OCH3 is 1. The zero-order valence-electron chi connectivity index (χ0n) is 13.0. The van der Waals surface area contributed by atoms with Gasteiger partial charge in [0.1, 0.15) is 11.8 Å². The highest BCUT2D eigenvalue weighted by molar-refractivity contribution is 5.96. The van der Waals surface area contributed by atoms with Crippen LogP contribution in [0.3, 0.4) is 0 Å². The van der Waals surface area contributed by atoms with Crippen molar-refractivity contribution in [1.82, 2.24) is 5.32 Å². The number of carbonyl (C=O) groups excluding carboxylic acids is 2. The molecule has 1 N–H and O–H groups in total. The fourth-order valence-corrected chi connectivity index (χ4v) is 1.94. The largest absolute Gasteiger partial charge is 0.494 e. The van der Waals surface area contributed by atoms with Crippen LogP contribution >= 0.6 is 0 Å². The number of carbonyl (C=O) groups is 2. The van der Waals surface area contributed by atoms with E-state index in [1.165, 1.54) is 7.11 Å². The average Bonchev–Trinajstić information content (AvgIpc) is 2.46. The fraction of sp³-hybridized carbons (Fsp3) is 0.500. The zero-order chi connectivity index (χ0) is 15.8. The van der Waals surface area contributed by atoms with Gasteiger partial charge >= 0.3 is 5.97 Å². The second-order valence-corrected chi connectivity index (χ2v) is 5.14. The van der Waals surface area contributed by atoms with E-state index in [1.54, 1.807) is 24.3 Å². The van der Waals surface area contributed by atoms with Gasteiger partial charge in [0.2, 0.25) is 0 Å². The number of hydrogen-bond acceptors (Lipinski definition) is 4. The molecule has 0 aliphatic carbocycles. The average molecular weight is 293 g/mol. The highest BCUT2D eigenvalue weighted by Gasteiger charge is 2.23. The molecule has 0 aliphatic heterocycles. The van der Waals surface area contributed by atoms with Crippen molar-refractivity contribution < 1.29 is 19.1 Å². The Labute approximate surface area is 125 Å². The lowest BCUT2D eigenvalue weighted by atomic mass is 10.0. The third kappa shape index (κ3) is 5.45. The van der Waals surface area contributed by atoms with Crippen LogP contribution in [-0.2, 0) is 9.53 Å². The number of esters is 1. The predicted molar refractivity (Wildman–Crippen MR) is 80.3 cm³/mol. The van der Waals surface area contributed by atoms with Crippen molar-refractivity contribution in [2.24, 2.45) is 5.92 Å². The van der Waals surface area contributed by atoms with Gasteiger partial charge in [0, 0.05) is 5.56 Å². The monoisotopic (exact) mass is 293 g/mol. The maximum Gasteiger partial charge on any atom is 0.328 e. The second kappa shape index (κ2) is 8.29. The minimum atomic E-state index is -0.630. The Morgan fingerprint density at radius 1 is 1.19 bits per heavy atom. The minimum Gasteiger partial charge on any atom is -0.494 e. The summed E-state index contributed by atoms with van der Waals surface area (Å²) < 4.78 is 10.1. The van der Waals surface area contributed by atoms with Crippen LogP contribution in [0.4, 0.5) is 0 Å². The van der Waals surface area contributed by atoms with E-state index in [2.05, 4.69) is 5.32 Å². The molecule has 5 nitrogen and oxygen atoms in total. The third-order valence-corrected chi connectivity index (χ3v) is 2.93. The fourth-order valence-electron chi connectivity index (χ4n) is 1.94. The summed E-state index contributed by atoms with van der Waals surface area (Å²) in [5, 5.41) is 2.71. The molecule has 1 aromatic carbocycles. The second-order valence-electron chi connectivity index (χ2n) is 5.14. The Bertz CT molecular complexity index is 468. The minimum absolute atomic E-state index is 0.273.